The van der Waals surface area contributed by atoms with E-state index in [0.717, 1.165) is 12.0 Å². The van der Waals surface area contributed by atoms with Crippen LogP contribution in [-0.2, 0) is 4.79 Å². The van der Waals surface area contributed by atoms with Crippen molar-refractivity contribution < 1.29 is 4.79 Å². The van der Waals surface area contributed by atoms with Gasteiger partial charge in [-0.2, -0.15) is 0 Å². The molecule has 2 aliphatic carbocycles. The molecule has 0 fully saturated rings. The number of carbonyl (C=O) groups excluding carboxylic acids is 1. The molecule has 0 saturated heterocycles. The van der Waals surface area contributed by atoms with Crippen LogP contribution in [0.25, 0.3) is 0 Å². The van der Waals surface area contributed by atoms with Crippen LogP contribution in [0.1, 0.15) is 54.4 Å². The molecule has 1 nitrogen and oxygen atoms in total. The van der Waals surface area contributed by atoms with Gasteiger partial charge in [0.1, 0.15) is 0 Å². The van der Waals surface area contributed by atoms with Gasteiger partial charge in [0.15, 0.2) is 5.78 Å². The van der Waals surface area contributed by atoms with E-state index >= 15 is 0 Å². The smallest absolute Gasteiger partial charge is 0.163 e. The Balaban J connectivity index is 2.61. The molecule has 2 aliphatic rings. The summed E-state index contributed by atoms with van der Waals surface area (Å²) in [5, 5.41) is 0. The maximum atomic E-state index is 12.1. The largest absolute Gasteiger partial charge is 0.294 e. The second kappa shape index (κ2) is 3.94. The van der Waals surface area contributed by atoms with E-state index in [2.05, 4.69) is 47.6 Å². The first-order valence-electron chi connectivity index (χ1n) is 6.80. The lowest BCUT2D eigenvalue weighted by Gasteiger charge is -2.30. The summed E-state index contributed by atoms with van der Waals surface area (Å²) in [5.41, 5.74) is 5.33. The molecule has 98 valence electrons. The Kier molecular flexibility index (Phi) is 2.92. The van der Waals surface area contributed by atoms with Gasteiger partial charge in [0.25, 0.3) is 0 Å². The van der Waals surface area contributed by atoms with E-state index in [1.165, 1.54) is 16.7 Å². The molecule has 1 heteroatoms. The van der Waals surface area contributed by atoms with E-state index in [1.54, 1.807) is 0 Å². The first-order chi connectivity index (χ1) is 8.12. The predicted molar refractivity (Wildman–Crippen MR) is 76.3 cm³/mol. The summed E-state index contributed by atoms with van der Waals surface area (Å²) in [4.78, 5) is 12.1. The van der Waals surface area contributed by atoms with E-state index in [-0.39, 0.29) is 10.8 Å². The topological polar surface area (TPSA) is 17.1 Å². The molecule has 0 heterocycles. The molecule has 0 aromatic rings. The van der Waals surface area contributed by atoms with Crippen LogP contribution in [0, 0.1) is 10.8 Å². The molecular weight excluding hydrogens is 220 g/mol. The van der Waals surface area contributed by atoms with E-state index in [1.807, 2.05) is 6.08 Å². The molecule has 0 aromatic heterocycles. The summed E-state index contributed by atoms with van der Waals surface area (Å²) < 4.78 is 0. The van der Waals surface area contributed by atoms with Gasteiger partial charge in [-0.1, -0.05) is 59.3 Å². The molecule has 0 aliphatic heterocycles. The lowest BCUT2D eigenvalue weighted by Crippen LogP contribution is -2.17. The van der Waals surface area contributed by atoms with Gasteiger partial charge >= 0.3 is 0 Å². The van der Waals surface area contributed by atoms with Crippen molar-refractivity contribution >= 4 is 5.78 Å². The van der Waals surface area contributed by atoms with Gasteiger partial charge in [-0.3, -0.25) is 4.79 Å². The minimum atomic E-state index is 0.0989. The van der Waals surface area contributed by atoms with Crippen molar-refractivity contribution in [1.29, 1.82) is 0 Å². The van der Waals surface area contributed by atoms with Crippen molar-refractivity contribution in [2.24, 2.45) is 10.8 Å². The van der Waals surface area contributed by atoms with Gasteiger partial charge in [0, 0.05) is 12.0 Å². The summed E-state index contributed by atoms with van der Waals surface area (Å²) >= 11 is 0. The Morgan fingerprint density at radius 3 is 2.11 bits per heavy atom. The van der Waals surface area contributed by atoms with Crippen LogP contribution < -0.4 is 0 Å². The third kappa shape index (κ3) is 2.11. The number of rotatable bonds is 0. The quantitative estimate of drug-likeness (QED) is 0.608. The maximum absolute atomic E-state index is 12.1. The molecule has 0 aromatic carbocycles. The molecule has 0 unspecified atom stereocenters. The van der Waals surface area contributed by atoms with Gasteiger partial charge in [0.05, 0.1) is 0 Å². The highest BCUT2D eigenvalue weighted by Crippen LogP contribution is 2.50. The molecule has 0 saturated carbocycles. The predicted octanol–water partition coefficient (Wildman–Crippen LogP) is 4.60. The van der Waals surface area contributed by atoms with E-state index in [9.17, 15) is 4.79 Å². The van der Waals surface area contributed by atoms with Crippen LogP contribution in [0.15, 0.2) is 34.4 Å². The average molecular weight is 244 g/mol. The normalized spacial score (nSPS) is 20.9. The fourth-order valence-electron chi connectivity index (χ4n) is 3.01. The van der Waals surface area contributed by atoms with Gasteiger partial charge in [-0.25, -0.2) is 0 Å². The zero-order valence-electron chi connectivity index (χ0n) is 12.5. The van der Waals surface area contributed by atoms with Crippen LogP contribution in [0.4, 0.5) is 0 Å². The molecule has 18 heavy (non-hydrogen) atoms. The molecule has 0 bridgehead atoms. The Labute approximate surface area is 111 Å². The molecule has 0 spiro atoms. The van der Waals surface area contributed by atoms with Crippen LogP contribution >= 0.6 is 0 Å². The monoisotopic (exact) mass is 244 g/mol. The zero-order valence-corrected chi connectivity index (χ0v) is 12.5. The van der Waals surface area contributed by atoms with Crippen LogP contribution in [-0.4, -0.2) is 5.78 Å². The standard InChI is InChI=1S/C17H24O/c1-16(2,3)13-10-12-11(8-7-9-14(12)18)15(13)17(4,5)6/h7-8H,9-10H2,1-6H3. The minimum Gasteiger partial charge on any atom is -0.294 e. The average Bonchev–Trinajstić information content (AvgIpc) is 2.56. The molecule has 2 rings (SSSR count). The highest BCUT2D eigenvalue weighted by Gasteiger charge is 2.37. The van der Waals surface area contributed by atoms with Gasteiger partial charge in [-0.15, -0.1) is 0 Å². The summed E-state index contributed by atoms with van der Waals surface area (Å²) in [6.07, 6.45) is 5.61. The first-order valence-corrected chi connectivity index (χ1v) is 6.80. The Hall–Kier alpha value is -1.11. The lowest BCUT2D eigenvalue weighted by atomic mass is 9.74. The summed E-state index contributed by atoms with van der Waals surface area (Å²) in [7, 11) is 0. The van der Waals surface area contributed by atoms with Crippen LogP contribution in [0.5, 0.6) is 0 Å². The highest BCUT2D eigenvalue weighted by atomic mass is 16.1. The van der Waals surface area contributed by atoms with Gasteiger partial charge < -0.3 is 0 Å². The summed E-state index contributed by atoms with van der Waals surface area (Å²) in [5.74, 6) is 0.313. The summed E-state index contributed by atoms with van der Waals surface area (Å²) in [6, 6.07) is 0. The fraction of sp³-hybridized carbons (Fsp3) is 0.588. The van der Waals surface area contributed by atoms with Crippen LogP contribution in [0.3, 0.4) is 0 Å². The van der Waals surface area contributed by atoms with Gasteiger partial charge in [0.2, 0.25) is 0 Å². The third-order valence-electron chi connectivity index (χ3n) is 3.83. The molecule has 0 radical (unpaired) electrons. The fourth-order valence-corrected chi connectivity index (χ4v) is 3.01. The second-order valence-electron chi connectivity index (χ2n) is 7.45. The molecule has 0 atom stereocenters. The van der Waals surface area contributed by atoms with E-state index < -0.39 is 0 Å². The van der Waals surface area contributed by atoms with Crippen LogP contribution in [0.2, 0.25) is 0 Å². The molecule has 0 amide bonds. The number of Topliss-reactive ketones (excluding diaryl/α,β-unsaturated/α-hetero) is 1. The summed E-state index contributed by atoms with van der Waals surface area (Å²) in [6.45, 7) is 13.5. The second-order valence-corrected chi connectivity index (χ2v) is 7.45. The number of hydrogen-bond donors (Lipinski definition) is 0. The number of carbonyl (C=O) groups is 1. The van der Waals surface area contributed by atoms with Crippen molar-refractivity contribution in [3.8, 4) is 0 Å². The van der Waals surface area contributed by atoms with Crippen molar-refractivity contribution in [1.82, 2.24) is 0 Å². The minimum absolute atomic E-state index is 0.0989. The zero-order chi connectivity index (χ0) is 13.7. The lowest BCUT2D eigenvalue weighted by molar-refractivity contribution is -0.115. The van der Waals surface area contributed by atoms with Crippen molar-refractivity contribution in [2.75, 3.05) is 0 Å². The Bertz CT molecular complexity index is 485. The number of ketones is 1. The Morgan fingerprint density at radius 1 is 1.00 bits per heavy atom. The molecule has 0 N–H and O–H groups in total. The highest BCUT2D eigenvalue weighted by molar-refractivity contribution is 6.01. The maximum Gasteiger partial charge on any atom is 0.163 e. The van der Waals surface area contributed by atoms with Crippen molar-refractivity contribution in [3.05, 3.63) is 34.4 Å². The number of hydrogen-bond acceptors (Lipinski definition) is 1. The first kappa shape index (κ1) is 13.3. The van der Waals surface area contributed by atoms with Gasteiger partial charge in [-0.05, 0) is 28.4 Å². The van der Waals surface area contributed by atoms with E-state index in [0.29, 0.717) is 12.2 Å². The number of allylic oxidation sites excluding steroid dienone is 6. The van der Waals surface area contributed by atoms with Crippen molar-refractivity contribution in [2.45, 2.75) is 54.4 Å². The third-order valence-corrected chi connectivity index (χ3v) is 3.83. The van der Waals surface area contributed by atoms with E-state index in [4.69, 9.17) is 0 Å². The Morgan fingerprint density at radius 2 is 1.61 bits per heavy atom. The molecular formula is C17H24O. The van der Waals surface area contributed by atoms with Crippen molar-refractivity contribution in [3.63, 3.8) is 0 Å². The SMILES string of the molecule is CC(C)(C)C1=C(C(C)(C)C)C2=C(C1)C(=O)CC=C2.